The second-order valence-corrected chi connectivity index (χ2v) is 4.84. The van der Waals surface area contributed by atoms with Gasteiger partial charge in [-0.15, -0.1) is 11.8 Å². The molecule has 0 aliphatic heterocycles. The minimum absolute atomic E-state index is 0.324. The van der Waals surface area contributed by atoms with Crippen molar-refractivity contribution >= 4 is 11.8 Å². The summed E-state index contributed by atoms with van der Waals surface area (Å²) >= 11 is 1.58. The van der Waals surface area contributed by atoms with Gasteiger partial charge in [0.05, 0.1) is 12.7 Å². The van der Waals surface area contributed by atoms with Gasteiger partial charge in [0.25, 0.3) is 0 Å². The smallest absolute Gasteiger partial charge is 0.343 e. The lowest BCUT2D eigenvalue weighted by Gasteiger charge is -2.07. The van der Waals surface area contributed by atoms with Gasteiger partial charge >= 0.3 is 5.63 Å². The highest BCUT2D eigenvalue weighted by atomic mass is 32.2. The van der Waals surface area contributed by atoms with Crippen LogP contribution in [0.4, 0.5) is 0 Å². The number of methoxy groups -OCH3 is 1. The van der Waals surface area contributed by atoms with E-state index in [-0.39, 0.29) is 5.63 Å². The first-order valence-electron chi connectivity index (χ1n) is 5.56. The van der Waals surface area contributed by atoms with Crippen molar-refractivity contribution in [1.29, 1.82) is 0 Å². The predicted octanol–water partition coefficient (Wildman–Crippen LogP) is 3.25. The molecule has 94 valence electrons. The molecular formula is C14H14O3S. The van der Waals surface area contributed by atoms with Crippen LogP contribution in [-0.4, -0.2) is 7.11 Å². The summed E-state index contributed by atoms with van der Waals surface area (Å²) in [7, 11) is 1.56. The van der Waals surface area contributed by atoms with Crippen molar-refractivity contribution in [1.82, 2.24) is 0 Å². The zero-order valence-electron chi connectivity index (χ0n) is 10.3. The van der Waals surface area contributed by atoms with Crippen molar-refractivity contribution in [3.8, 4) is 5.75 Å². The third kappa shape index (κ3) is 2.96. The van der Waals surface area contributed by atoms with Crippen LogP contribution in [0.25, 0.3) is 0 Å². The molecule has 0 aliphatic rings. The second-order valence-electron chi connectivity index (χ2n) is 3.79. The molecule has 0 unspecified atom stereocenters. The Morgan fingerprint density at radius 3 is 2.67 bits per heavy atom. The predicted molar refractivity (Wildman–Crippen MR) is 72.3 cm³/mol. The maximum absolute atomic E-state index is 11.8. The molecule has 3 nitrogen and oxygen atoms in total. The zero-order chi connectivity index (χ0) is 13.0. The largest absolute Gasteiger partial charge is 0.496 e. The molecule has 4 heteroatoms. The Hall–Kier alpha value is -1.68. The van der Waals surface area contributed by atoms with E-state index in [1.807, 2.05) is 30.3 Å². The quantitative estimate of drug-likeness (QED) is 0.793. The minimum Gasteiger partial charge on any atom is -0.496 e. The van der Waals surface area contributed by atoms with Crippen LogP contribution in [0.1, 0.15) is 11.3 Å². The summed E-state index contributed by atoms with van der Waals surface area (Å²) < 4.78 is 10.3. The second kappa shape index (κ2) is 5.78. The highest BCUT2D eigenvalue weighted by Crippen LogP contribution is 2.26. The third-order valence-corrected chi connectivity index (χ3v) is 3.52. The van der Waals surface area contributed by atoms with E-state index >= 15 is 0 Å². The number of benzene rings is 1. The normalized spacial score (nSPS) is 10.3. The molecule has 2 aromatic rings. The molecular weight excluding hydrogens is 248 g/mol. The van der Waals surface area contributed by atoms with E-state index in [1.54, 1.807) is 31.9 Å². The lowest BCUT2D eigenvalue weighted by atomic mass is 10.3. The van der Waals surface area contributed by atoms with Crippen molar-refractivity contribution in [3.63, 3.8) is 0 Å². The fraction of sp³-hybridized carbons (Fsp3) is 0.214. The third-order valence-electron chi connectivity index (χ3n) is 2.48. The average molecular weight is 262 g/mol. The van der Waals surface area contributed by atoms with Crippen LogP contribution in [0.3, 0.4) is 0 Å². The first kappa shape index (κ1) is 12.8. The van der Waals surface area contributed by atoms with Gasteiger partial charge in [0.2, 0.25) is 0 Å². The van der Waals surface area contributed by atoms with Gasteiger partial charge < -0.3 is 9.15 Å². The monoisotopic (exact) mass is 262 g/mol. The molecule has 0 bridgehead atoms. The number of aryl methyl sites for hydroxylation is 1. The Bertz CT molecular complexity index is 575. The minimum atomic E-state index is -0.324. The van der Waals surface area contributed by atoms with Gasteiger partial charge in [0.15, 0.2) is 0 Å². The fourth-order valence-corrected chi connectivity index (χ4v) is 2.51. The van der Waals surface area contributed by atoms with Gasteiger partial charge in [0.1, 0.15) is 11.5 Å². The van der Waals surface area contributed by atoms with Crippen molar-refractivity contribution in [3.05, 3.63) is 58.1 Å². The lowest BCUT2D eigenvalue weighted by Crippen LogP contribution is -2.09. The van der Waals surface area contributed by atoms with E-state index in [2.05, 4.69) is 0 Å². The van der Waals surface area contributed by atoms with E-state index < -0.39 is 0 Å². The highest BCUT2D eigenvalue weighted by Gasteiger charge is 2.11. The van der Waals surface area contributed by atoms with E-state index in [4.69, 9.17) is 9.15 Å². The van der Waals surface area contributed by atoms with Crippen LogP contribution in [-0.2, 0) is 5.75 Å². The van der Waals surface area contributed by atoms with E-state index in [9.17, 15) is 4.79 Å². The maximum Gasteiger partial charge on any atom is 0.343 e. The van der Waals surface area contributed by atoms with Gasteiger partial charge in [-0.25, -0.2) is 4.79 Å². The highest BCUT2D eigenvalue weighted by molar-refractivity contribution is 7.98. The summed E-state index contributed by atoms with van der Waals surface area (Å²) in [6, 6.07) is 11.7. The Balaban J connectivity index is 2.22. The molecule has 0 atom stereocenters. The van der Waals surface area contributed by atoms with Gasteiger partial charge in [0, 0.05) is 16.7 Å². The van der Waals surface area contributed by atoms with Crippen LogP contribution >= 0.6 is 11.8 Å². The molecule has 0 saturated heterocycles. The molecule has 0 N–H and O–H groups in total. The van der Waals surface area contributed by atoms with E-state index in [1.165, 1.54) is 0 Å². The molecule has 1 aromatic carbocycles. The summed E-state index contributed by atoms with van der Waals surface area (Å²) in [4.78, 5) is 12.9. The van der Waals surface area contributed by atoms with E-state index in [0.29, 0.717) is 22.8 Å². The SMILES string of the molecule is COc1cc(C)oc(=O)c1CSc1ccccc1. The number of ether oxygens (including phenoxy) is 1. The van der Waals surface area contributed by atoms with Crippen LogP contribution < -0.4 is 10.4 Å². The topological polar surface area (TPSA) is 39.4 Å². The van der Waals surface area contributed by atoms with Crippen LogP contribution in [0, 0.1) is 6.92 Å². The van der Waals surface area contributed by atoms with Crippen LogP contribution in [0.5, 0.6) is 5.75 Å². The molecule has 1 heterocycles. The fourth-order valence-electron chi connectivity index (χ4n) is 1.59. The maximum atomic E-state index is 11.8. The van der Waals surface area contributed by atoms with Gasteiger partial charge in [-0.3, -0.25) is 0 Å². The molecule has 1 aromatic heterocycles. The number of hydrogen-bond acceptors (Lipinski definition) is 4. The summed E-state index contributed by atoms with van der Waals surface area (Å²) in [5, 5.41) is 0. The Morgan fingerprint density at radius 1 is 1.28 bits per heavy atom. The van der Waals surface area contributed by atoms with Gasteiger partial charge in [-0.05, 0) is 19.1 Å². The van der Waals surface area contributed by atoms with E-state index in [0.717, 1.165) is 4.90 Å². The number of rotatable bonds is 4. The van der Waals surface area contributed by atoms with Crippen LogP contribution in [0.15, 0.2) is 50.5 Å². The Kier molecular flexibility index (Phi) is 4.10. The van der Waals surface area contributed by atoms with Gasteiger partial charge in [-0.1, -0.05) is 18.2 Å². The van der Waals surface area contributed by atoms with Crippen molar-refractivity contribution in [2.24, 2.45) is 0 Å². The molecule has 0 amide bonds. The first-order valence-corrected chi connectivity index (χ1v) is 6.54. The zero-order valence-corrected chi connectivity index (χ0v) is 11.1. The molecule has 0 fully saturated rings. The molecule has 0 saturated carbocycles. The summed E-state index contributed by atoms with van der Waals surface area (Å²) in [5.41, 5.74) is 0.243. The molecule has 0 spiro atoms. The summed E-state index contributed by atoms with van der Waals surface area (Å²) in [6.45, 7) is 1.73. The molecule has 2 rings (SSSR count). The summed E-state index contributed by atoms with van der Waals surface area (Å²) in [6.07, 6.45) is 0. The average Bonchev–Trinajstić information content (AvgIpc) is 2.38. The van der Waals surface area contributed by atoms with Crippen LogP contribution in [0.2, 0.25) is 0 Å². The molecule has 0 aliphatic carbocycles. The Morgan fingerprint density at radius 2 is 2.00 bits per heavy atom. The molecule has 18 heavy (non-hydrogen) atoms. The molecule has 0 radical (unpaired) electrons. The standard InChI is InChI=1S/C14H14O3S/c1-10-8-13(16-2)12(14(15)17-10)9-18-11-6-4-3-5-7-11/h3-8H,9H2,1-2H3. The van der Waals surface area contributed by atoms with Crippen molar-refractivity contribution in [2.75, 3.05) is 7.11 Å². The Labute approximate surface area is 110 Å². The summed E-state index contributed by atoms with van der Waals surface area (Å²) in [5.74, 6) is 1.69. The van der Waals surface area contributed by atoms with Gasteiger partial charge in [-0.2, -0.15) is 0 Å². The van der Waals surface area contributed by atoms with Crippen molar-refractivity contribution < 1.29 is 9.15 Å². The number of hydrogen-bond donors (Lipinski definition) is 0. The van der Waals surface area contributed by atoms with Crippen molar-refractivity contribution in [2.45, 2.75) is 17.6 Å². The number of thioether (sulfide) groups is 1. The first-order chi connectivity index (χ1) is 8.70. The lowest BCUT2D eigenvalue weighted by molar-refractivity contribution is 0.391.